The van der Waals surface area contributed by atoms with Gasteiger partial charge in [-0.15, -0.1) is 11.3 Å². The van der Waals surface area contributed by atoms with Gasteiger partial charge in [-0.25, -0.2) is 13.2 Å². The highest BCUT2D eigenvalue weighted by molar-refractivity contribution is 7.91. The number of carbonyl (C=O) groups excluding carboxylic acids is 3. The van der Waals surface area contributed by atoms with E-state index in [9.17, 15) is 22.8 Å². The molecule has 0 aromatic carbocycles. The Hall–Kier alpha value is -1.94. The number of aryl methyl sites for hydroxylation is 1. The van der Waals surface area contributed by atoms with E-state index in [0.29, 0.717) is 19.3 Å². The lowest BCUT2D eigenvalue weighted by atomic mass is 9.80. The number of amides is 4. The van der Waals surface area contributed by atoms with Crippen molar-refractivity contribution in [1.82, 2.24) is 15.1 Å². The number of thiophene rings is 1. The zero-order chi connectivity index (χ0) is 21.7. The van der Waals surface area contributed by atoms with Crippen LogP contribution < -0.4 is 5.32 Å². The van der Waals surface area contributed by atoms with Crippen LogP contribution in [0.4, 0.5) is 4.79 Å². The average Bonchev–Trinajstić information content (AvgIpc) is 3.37. The van der Waals surface area contributed by atoms with Gasteiger partial charge in [0, 0.05) is 22.5 Å². The summed E-state index contributed by atoms with van der Waals surface area (Å²) in [6.45, 7) is 3.43. The number of fused-ring (bicyclic) bond motifs is 2. The minimum atomic E-state index is -3.17. The molecule has 3 aliphatic rings. The molecule has 2 saturated heterocycles. The second-order valence-electron chi connectivity index (χ2n) is 8.45. The number of nitrogens with one attached hydrogen (secondary N) is 1. The minimum Gasteiger partial charge on any atom is -0.334 e. The van der Waals surface area contributed by atoms with Crippen molar-refractivity contribution in [3.8, 4) is 0 Å². The average molecular weight is 454 g/mol. The normalized spacial score (nSPS) is 28.5. The molecule has 3 heterocycles. The number of imide groups is 1. The number of sulfone groups is 1. The highest BCUT2D eigenvalue weighted by Crippen LogP contribution is 2.42. The first-order chi connectivity index (χ1) is 14.2. The highest BCUT2D eigenvalue weighted by Gasteiger charge is 2.55. The Labute approximate surface area is 180 Å². The Balaban J connectivity index is 1.57. The predicted molar refractivity (Wildman–Crippen MR) is 113 cm³/mol. The molecule has 8 nitrogen and oxygen atoms in total. The lowest BCUT2D eigenvalue weighted by Crippen LogP contribution is -2.52. The third kappa shape index (κ3) is 3.43. The molecule has 0 radical (unpaired) electrons. The van der Waals surface area contributed by atoms with Crippen molar-refractivity contribution in [1.29, 1.82) is 0 Å². The highest BCUT2D eigenvalue weighted by atomic mass is 32.2. The van der Waals surface area contributed by atoms with Crippen molar-refractivity contribution >= 4 is 39.0 Å². The van der Waals surface area contributed by atoms with Crippen LogP contribution in [-0.4, -0.2) is 66.2 Å². The Morgan fingerprint density at radius 3 is 2.87 bits per heavy atom. The number of hydrogen-bond donors (Lipinski definition) is 1. The van der Waals surface area contributed by atoms with Crippen LogP contribution in [0.5, 0.6) is 0 Å². The van der Waals surface area contributed by atoms with Gasteiger partial charge in [-0.2, -0.15) is 0 Å². The fraction of sp³-hybridized carbons (Fsp3) is 0.650. The summed E-state index contributed by atoms with van der Waals surface area (Å²) in [5.41, 5.74) is -0.240. The molecular formula is C20H27N3O5S2. The summed E-state index contributed by atoms with van der Waals surface area (Å²) >= 11 is 1.58. The van der Waals surface area contributed by atoms with Crippen LogP contribution in [-0.2, 0) is 31.4 Å². The second kappa shape index (κ2) is 7.64. The van der Waals surface area contributed by atoms with Gasteiger partial charge in [0.15, 0.2) is 9.84 Å². The van der Waals surface area contributed by atoms with Crippen molar-refractivity contribution in [2.45, 2.75) is 63.6 Å². The van der Waals surface area contributed by atoms with E-state index in [2.05, 4.69) is 5.32 Å². The molecule has 1 spiro atoms. The standard InChI is InChI=1S/C20H27N3O5S2/c1-3-13(2)23(14-7-10-30(27,28)12-14)17(24)11-22-18(25)20(21-19(22)26)8-4-5-16-15(20)6-9-29-16/h6,9,13-14H,3-5,7-8,10-12H2,1-2H3,(H,21,26)/t13-,14-,20+/m0/s1. The molecule has 1 aliphatic carbocycles. The molecule has 4 rings (SSSR count). The largest absolute Gasteiger partial charge is 0.334 e. The molecule has 0 unspecified atom stereocenters. The molecule has 0 bridgehead atoms. The second-order valence-corrected chi connectivity index (χ2v) is 11.7. The zero-order valence-corrected chi connectivity index (χ0v) is 18.9. The van der Waals surface area contributed by atoms with Gasteiger partial charge in [0.1, 0.15) is 12.1 Å². The first-order valence-electron chi connectivity index (χ1n) is 10.4. The summed E-state index contributed by atoms with van der Waals surface area (Å²) in [5.74, 6) is -0.770. The Kier molecular flexibility index (Phi) is 5.42. The molecule has 1 N–H and O–H groups in total. The molecule has 3 atom stereocenters. The maximum absolute atomic E-state index is 13.4. The van der Waals surface area contributed by atoms with Gasteiger partial charge in [-0.05, 0) is 50.5 Å². The van der Waals surface area contributed by atoms with Crippen LogP contribution >= 0.6 is 11.3 Å². The van der Waals surface area contributed by atoms with Gasteiger partial charge >= 0.3 is 6.03 Å². The number of nitrogens with zero attached hydrogens (tertiary/aromatic N) is 2. The summed E-state index contributed by atoms with van der Waals surface area (Å²) in [6, 6.07) is 0.738. The molecule has 1 aromatic heterocycles. The van der Waals surface area contributed by atoms with Crippen LogP contribution in [0.25, 0.3) is 0 Å². The van der Waals surface area contributed by atoms with Crippen LogP contribution in [0.3, 0.4) is 0 Å². The van der Waals surface area contributed by atoms with E-state index in [-0.39, 0.29) is 35.9 Å². The fourth-order valence-corrected chi connectivity index (χ4v) is 7.61. The van der Waals surface area contributed by atoms with Crippen LogP contribution in [0, 0.1) is 0 Å². The Bertz CT molecular complexity index is 988. The maximum atomic E-state index is 13.4. The van der Waals surface area contributed by atoms with Gasteiger partial charge in [-0.3, -0.25) is 14.5 Å². The third-order valence-corrected chi connectivity index (χ3v) is 9.32. The molecule has 30 heavy (non-hydrogen) atoms. The van der Waals surface area contributed by atoms with Crippen molar-refractivity contribution < 1.29 is 22.8 Å². The molecule has 0 saturated carbocycles. The van der Waals surface area contributed by atoms with Crippen molar-refractivity contribution in [2.24, 2.45) is 0 Å². The van der Waals surface area contributed by atoms with Crippen LogP contribution in [0.1, 0.15) is 50.0 Å². The maximum Gasteiger partial charge on any atom is 0.325 e. The smallest absolute Gasteiger partial charge is 0.325 e. The van der Waals surface area contributed by atoms with Crippen molar-refractivity contribution in [3.63, 3.8) is 0 Å². The van der Waals surface area contributed by atoms with E-state index in [1.54, 1.807) is 16.2 Å². The first kappa shape index (κ1) is 21.3. The van der Waals surface area contributed by atoms with E-state index in [1.165, 1.54) is 0 Å². The summed E-state index contributed by atoms with van der Waals surface area (Å²) in [4.78, 5) is 43.0. The van der Waals surface area contributed by atoms with E-state index in [4.69, 9.17) is 0 Å². The van der Waals surface area contributed by atoms with Gasteiger partial charge < -0.3 is 10.2 Å². The van der Waals surface area contributed by atoms with Gasteiger partial charge in [-0.1, -0.05) is 6.92 Å². The fourth-order valence-electron chi connectivity index (χ4n) is 4.90. The van der Waals surface area contributed by atoms with E-state index in [0.717, 1.165) is 28.2 Å². The van der Waals surface area contributed by atoms with E-state index in [1.807, 2.05) is 25.3 Å². The summed E-state index contributed by atoms with van der Waals surface area (Å²) < 4.78 is 23.9. The van der Waals surface area contributed by atoms with Crippen molar-refractivity contribution in [3.05, 3.63) is 21.9 Å². The molecule has 4 amide bonds. The topological polar surface area (TPSA) is 104 Å². The van der Waals surface area contributed by atoms with E-state index < -0.39 is 27.4 Å². The lowest BCUT2D eigenvalue weighted by Gasteiger charge is -2.35. The minimum absolute atomic E-state index is 0.0606. The molecule has 1 aromatic rings. The quantitative estimate of drug-likeness (QED) is 0.683. The molecule has 2 fully saturated rings. The van der Waals surface area contributed by atoms with Crippen LogP contribution in [0.15, 0.2) is 11.4 Å². The van der Waals surface area contributed by atoms with Gasteiger partial charge in [0.2, 0.25) is 5.91 Å². The third-order valence-electron chi connectivity index (χ3n) is 6.59. The zero-order valence-electron chi connectivity index (χ0n) is 17.2. The molecule has 2 aliphatic heterocycles. The summed E-state index contributed by atoms with van der Waals surface area (Å²) in [6.07, 6.45) is 3.24. The van der Waals surface area contributed by atoms with Crippen molar-refractivity contribution in [2.75, 3.05) is 18.1 Å². The van der Waals surface area contributed by atoms with Crippen LogP contribution in [0.2, 0.25) is 0 Å². The van der Waals surface area contributed by atoms with E-state index >= 15 is 0 Å². The summed E-state index contributed by atoms with van der Waals surface area (Å²) in [7, 11) is -3.17. The SMILES string of the molecule is CC[C@H](C)N(C(=O)CN1C(=O)N[C@@]2(CCCc3sccc32)C1=O)[C@H]1CCS(=O)(=O)C1. The molecular weight excluding hydrogens is 426 g/mol. The molecule has 10 heteroatoms. The number of urea groups is 1. The monoisotopic (exact) mass is 453 g/mol. The van der Waals surface area contributed by atoms with Gasteiger partial charge in [0.25, 0.3) is 5.91 Å². The molecule has 164 valence electrons. The number of hydrogen-bond acceptors (Lipinski definition) is 6. The number of rotatable bonds is 5. The first-order valence-corrected chi connectivity index (χ1v) is 13.1. The predicted octanol–water partition coefficient (Wildman–Crippen LogP) is 1.65. The lowest BCUT2D eigenvalue weighted by molar-refractivity contribution is -0.142. The number of carbonyl (C=O) groups is 3. The summed E-state index contributed by atoms with van der Waals surface area (Å²) in [5, 5.41) is 4.79. The Morgan fingerprint density at radius 1 is 1.43 bits per heavy atom. The van der Waals surface area contributed by atoms with Gasteiger partial charge in [0.05, 0.1) is 11.5 Å². The Morgan fingerprint density at radius 2 is 2.20 bits per heavy atom.